The fraction of sp³-hybridized carbons (Fsp3) is 0.814. The largest absolute Gasteiger partial charge is 0.472 e. The first-order valence-corrected chi connectivity index (χ1v) is 30.2. The van der Waals surface area contributed by atoms with Crippen LogP contribution in [0.4, 0.5) is 0 Å². The van der Waals surface area contributed by atoms with Gasteiger partial charge < -0.3 is 19.8 Å². The van der Waals surface area contributed by atoms with Crippen molar-refractivity contribution in [2.24, 2.45) is 0 Å². The van der Waals surface area contributed by atoms with Crippen molar-refractivity contribution < 1.29 is 32.9 Å². The molecule has 1 amide bonds. The number of quaternary nitrogens is 1. The summed E-state index contributed by atoms with van der Waals surface area (Å²) in [7, 11) is 1.55. The van der Waals surface area contributed by atoms with E-state index in [1.54, 1.807) is 6.08 Å². The first-order chi connectivity index (χ1) is 33.0. The molecule has 8 nitrogen and oxygen atoms in total. The number of nitrogens with zero attached hydrogens (tertiary/aromatic N) is 1. The van der Waals surface area contributed by atoms with Gasteiger partial charge in [-0.1, -0.05) is 248 Å². The molecule has 0 aromatic carbocycles. The summed E-state index contributed by atoms with van der Waals surface area (Å²) in [6.45, 7) is 4.69. The van der Waals surface area contributed by atoms with Gasteiger partial charge in [-0.25, -0.2) is 4.57 Å². The van der Waals surface area contributed by atoms with Crippen LogP contribution < -0.4 is 5.32 Å². The molecule has 0 aliphatic rings. The number of phosphoric ester groups is 1. The van der Waals surface area contributed by atoms with Crippen LogP contribution in [0.5, 0.6) is 0 Å². The SMILES string of the molecule is CC/C=C\C/C=C\C/C=C\CCCCCCCCCC(=O)NC(COP(=O)(O)OCC[N+](C)(C)C)C(O)/C=C/CC/C=C/CCCCCCCCCCCCCCCCCCCCCCCCC. The number of aliphatic hydroxyl groups is 1. The van der Waals surface area contributed by atoms with Gasteiger partial charge in [0.15, 0.2) is 0 Å². The third kappa shape index (κ3) is 52.0. The van der Waals surface area contributed by atoms with Crippen molar-refractivity contribution >= 4 is 13.7 Å². The normalized spacial score (nSPS) is 14.4. The summed E-state index contributed by atoms with van der Waals surface area (Å²) < 4.78 is 23.7. The first kappa shape index (κ1) is 66.2. The molecule has 0 aliphatic carbocycles. The zero-order valence-electron chi connectivity index (χ0n) is 45.3. The smallest absolute Gasteiger partial charge is 0.387 e. The van der Waals surface area contributed by atoms with Gasteiger partial charge >= 0.3 is 7.82 Å². The summed E-state index contributed by atoms with van der Waals surface area (Å²) in [5, 5.41) is 13.9. The molecule has 3 atom stereocenters. The van der Waals surface area contributed by atoms with E-state index in [9.17, 15) is 19.4 Å². The molecule has 0 aromatic heterocycles. The van der Waals surface area contributed by atoms with Gasteiger partial charge in [0.25, 0.3) is 0 Å². The van der Waals surface area contributed by atoms with Crippen LogP contribution in [-0.2, 0) is 18.4 Å². The van der Waals surface area contributed by atoms with E-state index in [1.165, 1.54) is 167 Å². The average molecular weight is 977 g/mol. The van der Waals surface area contributed by atoms with Crippen LogP contribution in [0.1, 0.15) is 258 Å². The Hall–Kier alpha value is -1.80. The van der Waals surface area contributed by atoms with Crippen molar-refractivity contribution in [3.8, 4) is 0 Å². The van der Waals surface area contributed by atoms with Crippen LogP contribution in [0.2, 0.25) is 0 Å². The molecule has 3 N–H and O–H groups in total. The number of aliphatic hydroxyl groups excluding tert-OH is 1. The molecule has 398 valence electrons. The number of allylic oxidation sites excluding steroid dienone is 9. The lowest BCUT2D eigenvalue weighted by molar-refractivity contribution is -0.870. The number of carbonyl (C=O) groups excluding carboxylic acids is 1. The molecular weight excluding hydrogens is 864 g/mol. The number of rotatable bonds is 52. The molecule has 0 bridgehead atoms. The minimum Gasteiger partial charge on any atom is -0.387 e. The third-order valence-electron chi connectivity index (χ3n) is 12.7. The summed E-state index contributed by atoms with van der Waals surface area (Å²) in [4.78, 5) is 23.3. The molecule has 9 heteroatoms. The van der Waals surface area contributed by atoms with Gasteiger partial charge in [0.2, 0.25) is 5.91 Å². The maximum absolute atomic E-state index is 12.9. The maximum atomic E-state index is 12.9. The number of hydrogen-bond donors (Lipinski definition) is 3. The molecule has 0 aliphatic heterocycles. The molecule has 0 spiro atoms. The second-order valence-electron chi connectivity index (χ2n) is 20.6. The molecule has 0 aromatic rings. The van der Waals surface area contributed by atoms with Gasteiger partial charge in [0, 0.05) is 6.42 Å². The highest BCUT2D eigenvalue weighted by Gasteiger charge is 2.27. The molecule has 0 saturated heterocycles. The Labute approximate surface area is 422 Å². The highest BCUT2D eigenvalue weighted by Crippen LogP contribution is 2.43. The van der Waals surface area contributed by atoms with Crippen LogP contribution in [-0.4, -0.2) is 73.4 Å². The van der Waals surface area contributed by atoms with E-state index in [0.29, 0.717) is 17.4 Å². The first-order valence-electron chi connectivity index (χ1n) is 28.7. The standard InChI is InChI=1S/C59H111N2O6P/c1-6-8-10-12-14-16-18-20-22-24-25-26-27-28-29-30-31-32-33-34-35-37-38-40-42-44-46-48-50-52-58(62)57(56-67-68(64,65)66-55-54-61(3,4)5)60-59(63)53-51-49-47-45-43-41-39-36-23-21-19-17-15-13-11-9-7-2/h9,11,15,17,21,23,42,44,50,52,57-58,62H,6-8,10,12-14,16,18-20,22,24-41,43,45-49,51,53-56H2,1-5H3,(H-,60,63,64,65)/p+1/b11-9-,17-15-,23-21-,44-42+,52-50+. The van der Waals surface area contributed by atoms with E-state index in [1.807, 2.05) is 27.2 Å². The number of carbonyl (C=O) groups is 1. The second kappa shape index (κ2) is 50.2. The Morgan fingerprint density at radius 2 is 0.897 bits per heavy atom. The van der Waals surface area contributed by atoms with Gasteiger partial charge in [-0.15, -0.1) is 0 Å². The summed E-state index contributed by atoms with van der Waals surface area (Å²) in [5.41, 5.74) is 0. The van der Waals surface area contributed by atoms with E-state index in [2.05, 4.69) is 67.8 Å². The van der Waals surface area contributed by atoms with Crippen molar-refractivity contribution in [3.63, 3.8) is 0 Å². The van der Waals surface area contributed by atoms with Crippen molar-refractivity contribution in [3.05, 3.63) is 60.8 Å². The molecule has 3 unspecified atom stereocenters. The Morgan fingerprint density at radius 1 is 0.515 bits per heavy atom. The van der Waals surface area contributed by atoms with Crippen LogP contribution in [0.15, 0.2) is 60.8 Å². The zero-order chi connectivity index (χ0) is 49.9. The van der Waals surface area contributed by atoms with Crippen LogP contribution >= 0.6 is 7.82 Å². The number of likely N-dealkylation sites (N-methyl/N-ethyl adjacent to an activating group) is 1. The van der Waals surface area contributed by atoms with Crippen molar-refractivity contribution in [1.82, 2.24) is 5.32 Å². The monoisotopic (exact) mass is 976 g/mol. The Bertz CT molecular complexity index is 1290. The summed E-state index contributed by atoms with van der Waals surface area (Å²) in [6.07, 6.45) is 67.7. The topological polar surface area (TPSA) is 105 Å². The predicted molar refractivity (Wildman–Crippen MR) is 295 cm³/mol. The molecule has 0 rings (SSSR count). The van der Waals surface area contributed by atoms with Crippen LogP contribution in [0.3, 0.4) is 0 Å². The van der Waals surface area contributed by atoms with Gasteiger partial charge in [-0.2, -0.15) is 0 Å². The second-order valence-corrected chi connectivity index (χ2v) is 22.1. The summed E-state index contributed by atoms with van der Waals surface area (Å²) >= 11 is 0. The van der Waals surface area contributed by atoms with Gasteiger partial charge in [-0.3, -0.25) is 13.8 Å². The maximum Gasteiger partial charge on any atom is 0.472 e. The minimum atomic E-state index is -4.36. The fourth-order valence-electron chi connectivity index (χ4n) is 8.25. The molecule has 0 fully saturated rings. The molecule has 0 radical (unpaired) electrons. The Morgan fingerprint density at radius 3 is 1.35 bits per heavy atom. The van der Waals surface area contributed by atoms with E-state index in [4.69, 9.17) is 9.05 Å². The third-order valence-corrected chi connectivity index (χ3v) is 13.7. The molecule has 0 heterocycles. The summed E-state index contributed by atoms with van der Waals surface area (Å²) in [5.74, 6) is -0.197. The van der Waals surface area contributed by atoms with Crippen LogP contribution in [0, 0.1) is 0 Å². The molecular formula is C59H112N2O6P+. The number of unbranched alkanes of at least 4 members (excludes halogenated alkanes) is 31. The molecule has 68 heavy (non-hydrogen) atoms. The van der Waals surface area contributed by atoms with Crippen molar-refractivity contribution in [2.45, 2.75) is 270 Å². The van der Waals surface area contributed by atoms with E-state index in [-0.39, 0.29) is 19.1 Å². The summed E-state index contributed by atoms with van der Waals surface area (Å²) in [6, 6.07) is -0.872. The van der Waals surface area contributed by atoms with Gasteiger partial charge in [0.1, 0.15) is 13.2 Å². The molecule has 0 saturated carbocycles. The highest BCUT2D eigenvalue weighted by molar-refractivity contribution is 7.47. The quantitative estimate of drug-likeness (QED) is 0.0243. The fourth-order valence-corrected chi connectivity index (χ4v) is 8.99. The average Bonchev–Trinajstić information content (AvgIpc) is 3.30. The van der Waals surface area contributed by atoms with Crippen LogP contribution in [0.25, 0.3) is 0 Å². The van der Waals surface area contributed by atoms with Gasteiger partial charge in [0.05, 0.1) is 39.9 Å². The number of hydrogen-bond acceptors (Lipinski definition) is 5. The number of amides is 1. The lowest BCUT2D eigenvalue weighted by Gasteiger charge is -2.25. The van der Waals surface area contributed by atoms with Gasteiger partial charge in [-0.05, 0) is 64.2 Å². The minimum absolute atomic E-state index is 0.0520. The highest BCUT2D eigenvalue weighted by atomic mass is 31.2. The van der Waals surface area contributed by atoms with E-state index < -0.39 is 20.0 Å². The van der Waals surface area contributed by atoms with Crippen molar-refractivity contribution in [1.29, 1.82) is 0 Å². The predicted octanol–water partition coefficient (Wildman–Crippen LogP) is 17.3. The van der Waals surface area contributed by atoms with Crippen molar-refractivity contribution in [2.75, 3.05) is 40.9 Å². The lowest BCUT2D eigenvalue weighted by Crippen LogP contribution is -2.45. The number of nitrogens with one attached hydrogen (secondary N) is 1. The Kier molecular flexibility index (Phi) is 48.8. The van der Waals surface area contributed by atoms with E-state index in [0.717, 1.165) is 70.6 Å². The Balaban J connectivity index is 4.21. The van der Waals surface area contributed by atoms with E-state index >= 15 is 0 Å². The number of phosphoric acid groups is 1. The zero-order valence-corrected chi connectivity index (χ0v) is 46.2. The lowest BCUT2D eigenvalue weighted by atomic mass is 10.0.